The Morgan fingerprint density at radius 1 is 1.07 bits per heavy atom. The molecule has 0 atom stereocenters. The van der Waals surface area contributed by atoms with Crippen molar-refractivity contribution in [3.8, 4) is 16.6 Å². The van der Waals surface area contributed by atoms with Crippen LogP contribution >= 0.6 is 11.3 Å². The summed E-state index contributed by atoms with van der Waals surface area (Å²) in [7, 11) is 0. The first kappa shape index (κ1) is 21.0. The molecule has 5 heteroatoms. The largest absolute Gasteiger partial charge is 0.342 e. The summed E-state index contributed by atoms with van der Waals surface area (Å²) in [6, 6.07) is 14.5. The molecular weight excluding hydrogens is 376 g/mol. The molecule has 150 valence electrons. The molecule has 0 amide bonds. The molecule has 2 aromatic carbocycles. The highest BCUT2D eigenvalue weighted by molar-refractivity contribution is 7.18. The molecule has 4 nitrogen and oxygen atoms in total. The zero-order valence-electron chi connectivity index (χ0n) is 17.7. The monoisotopic (exact) mass is 404 g/mol. The average Bonchev–Trinajstić information content (AvgIpc) is 3.21. The third-order valence-corrected chi connectivity index (χ3v) is 6.30. The van der Waals surface area contributed by atoms with E-state index in [4.69, 9.17) is 0 Å². The van der Waals surface area contributed by atoms with Crippen LogP contribution in [0.3, 0.4) is 0 Å². The highest BCUT2D eigenvalue weighted by Crippen LogP contribution is 2.32. The Hall–Kier alpha value is -2.71. The molecule has 0 bridgehead atoms. The van der Waals surface area contributed by atoms with Crippen LogP contribution in [-0.4, -0.2) is 16.7 Å². The normalized spacial score (nSPS) is 10.7. The van der Waals surface area contributed by atoms with Crippen molar-refractivity contribution in [1.82, 2.24) is 10.2 Å². The van der Waals surface area contributed by atoms with Gasteiger partial charge in [-0.2, -0.15) is 5.26 Å². The van der Waals surface area contributed by atoms with Gasteiger partial charge >= 0.3 is 0 Å². The highest BCUT2D eigenvalue weighted by atomic mass is 32.1. The Morgan fingerprint density at radius 2 is 1.79 bits per heavy atom. The van der Waals surface area contributed by atoms with E-state index in [2.05, 4.69) is 61.0 Å². The van der Waals surface area contributed by atoms with E-state index < -0.39 is 0 Å². The van der Waals surface area contributed by atoms with Crippen LogP contribution in [0.4, 0.5) is 5.13 Å². The van der Waals surface area contributed by atoms with Crippen molar-refractivity contribution in [3.63, 3.8) is 0 Å². The number of benzene rings is 2. The van der Waals surface area contributed by atoms with Crippen LogP contribution < -0.4 is 4.90 Å². The Bertz CT molecular complexity index is 993. The third kappa shape index (κ3) is 4.83. The van der Waals surface area contributed by atoms with Crippen molar-refractivity contribution < 1.29 is 0 Å². The molecule has 1 aromatic heterocycles. The van der Waals surface area contributed by atoms with Gasteiger partial charge in [0.25, 0.3) is 0 Å². The summed E-state index contributed by atoms with van der Waals surface area (Å²) >= 11 is 1.63. The van der Waals surface area contributed by atoms with E-state index in [1.165, 1.54) is 16.7 Å². The molecule has 29 heavy (non-hydrogen) atoms. The summed E-state index contributed by atoms with van der Waals surface area (Å²) in [4.78, 5) is 2.25. The van der Waals surface area contributed by atoms with Gasteiger partial charge in [-0.3, -0.25) is 0 Å². The van der Waals surface area contributed by atoms with Crippen molar-refractivity contribution in [1.29, 1.82) is 5.26 Å². The summed E-state index contributed by atoms with van der Waals surface area (Å²) in [5, 5.41) is 20.3. The maximum Gasteiger partial charge on any atom is 0.208 e. The molecule has 0 saturated carbocycles. The minimum atomic E-state index is 0.672. The van der Waals surface area contributed by atoms with Crippen LogP contribution in [0.5, 0.6) is 0 Å². The lowest BCUT2D eigenvalue weighted by molar-refractivity contribution is 0.709. The lowest BCUT2D eigenvalue weighted by atomic mass is 9.98. The molecule has 0 aliphatic rings. The Morgan fingerprint density at radius 3 is 2.45 bits per heavy atom. The fraction of sp³-hybridized carbons (Fsp3) is 0.375. The zero-order valence-corrected chi connectivity index (χ0v) is 18.5. The summed E-state index contributed by atoms with van der Waals surface area (Å²) in [5.74, 6) is 0. The quantitative estimate of drug-likeness (QED) is 0.458. The first-order valence-electron chi connectivity index (χ1n) is 10.2. The molecule has 1 heterocycles. The second-order valence-corrected chi connectivity index (χ2v) is 8.33. The van der Waals surface area contributed by atoms with Crippen molar-refractivity contribution in [2.24, 2.45) is 0 Å². The lowest BCUT2D eigenvalue weighted by Crippen LogP contribution is -2.24. The van der Waals surface area contributed by atoms with Gasteiger partial charge in [0.1, 0.15) is 5.01 Å². The SMILES string of the molecule is CCCCN(Cc1ccccc1C#N)c1nnc(-c2cc(C)c(CC)c(C)c2)s1. The van der Waals surface area contributed by atoms with Crippen molar-refractivity contribution in [3.05, 3.63) is 64.2 Å². The second-order valence-electron chi connectivity index (χ2n) is 7.38. The predicted molar refractivity (Wildman–Crippen MR) is 121 cm³/mol. The standard InChI is InChI=1S/C24H28N4S/c1-5-7-12-28(16-20-11-9-8-10-19(20)15-25)24-27-26-23(29-24)21-13-17(3)22(6-2)18(4)14-21/h8-11,13-14H,5-7,12,16H2,1-4H3. The molecule has 0 spiro atoms. The van der Waals surface area contributed by atoms with E-state index in [1.54, 1.807) is 11.3 Å². The minimum absolute atomic E-state index is 0.672. The molecule has 0 aliphatic heterocycles. The maximum absolute atomic E-state index is 9.43. The molecule has 0 aliphatic carbocycles. The van der Waals surface area contributed by atoms with Gasteiger partial charge in [-0.25, -0.2) is 0 Å². The number of nitriles is 1. The van der Waals surface area contributed by atoms with E-state index in [-0.39, 0.29) is 0 Å². The zero-order chi connectivity index (χ0) is 20.8. The summed E-state index contributed by atoms with van der Waals surface area (Å²) in [6.07, 6.45) is 3.23. The molecule has 0 radical (unpaired) electrons. The Labute approximate surface area is 177 Å². The Balaban J connectivity index is 1.91. The van der Waals surface area contributed by atoms with Crippen LogP contribution in [0.15, 0.2) is 36.4 Å². The van der Waals surface area contributed by atoms with Gasteiger partial charge in [0.15, 0.2) is 0 Å². The van der Waals surface area contributed by atoms with Gasteiger partial charge in [-0.1, -0.05) is 49.8 Å². The van der Waals surface area contributed by atoms with Gasteiger partial charge in [0.05, 0.1) is 11.6 Å². The van der Waals surface area contributed by atoms with Crippen LogP contribution in [0.2, 0.25) is 0 Å². The molecule has 0 N–H and O–H groups in total. The average molecular weight is 405 g/mol. The van der Waals surface area contributed by atoms with E-state index in [0.717, 1.165) is 52.6 Å². The lowest BCUT2D eigenvalue weighted by Gasteiger charge is -2.21. The first-order valence-corrected chi connectivity index (χ1v) is 11.1. The number of hydrogen-bond acceptors (Lipinski definition) is 5. The number of nitrogens with zero attached hydrogens (tertiary/aromatic N) is 4. The van der Waals surface area contributed by atoms with Gasteiger partial charge in [0, 0.05) is 18.7 Å². The molecule has 0 fully saturated rings. The van der Waals surface area contributed by atoms with Crippen LogP contribution in [-0.2, 0) is 13.0 Å². The van der Waals surface area contributed by atoms with Crippen LogP contribution in [0, 0.1) is 25.2 Å². The Kier molecular flexibility index (Phi) is 7.00. The molecular formula is C24H28N4S. The maximum atomic E-state index is 9.43. The number of hydrogen-bond donors (Lipinski definition) is 0. The van der Waals surface area contributed by atoms with E-state index in [0.29, 0.717) is 6.54 Å². The van der Waals surface area contributed by atoms with Crippen LogP contribution in [0.1, 0.15) is 54.5 Å². The molecule has 0 saturated heterocycles. The predicted octanol–water partition coefficient (Wildman–Crippen LogP) is 6.06. The van der Waals surface area contributed by atoms with Gasteiger partial charge in [-0.05, 0) is 67.1 Å². The number of anilines is 1. The van der Waals surface area contributed by atoms with Crippen molar-refractivity contribution >= 4 is 16.5 Å². The smallest absolute Gasteiger partial charge is 0.208 e. The molecule has 0 unspecified atom stereocenters. The van der Waals surface area contributed by atoms with E-state index in [9.17, 15) is 5.26 Å². The first-order chi connectivity index (χ1) is 14.1. The van der Waals surface area contributed by atoms with Gasteiger partial charge in [0.2, 0.25) is 5.13 Å². The van der Waals surface area contributed by atoms with Crippen molar-refractivity contribution in [2.45, 2.75) is 53.5 Å². The number of aryl methyl sites for hydroxylation is 2. The third-order valence-electron chi connectivity index (χ3n) is 5.26. The summed E-state index contributed by atoms with van der Waals surface area (Å²) in [5.41, 5.74) is 6.92. The van der Waals surface area contributed by atoms with Crippen molar-refractivity contribution in [2.75, 3.05) is 11.4 Å². The van der Waals surface area contributed by atoms with E-state index >= 15 is 0 Å². The van der Waals surface area contributed by atoms with Gasteiger partial charge in [-0.15, -0.1) is 10.2 Å². The topological polar surface area (TPSA) is 52.8 Å². The number of aromatic nitrogens is 2. The number of rotatable bonds is 8. The number of unbranched alkanes of at least 4 members (excludes halogenated alkanes) is 1. The fourth-order valence-corrected chi connectivity index (χ4v) is 4.56. The summed E-state index contributed by atoms with van der Waals surface area (Å²) in [6.45, 7) is 10.3. The van der Waals surface area contributed by atoms with Crippen LogP contribution in [0.25, 0.3) is 10.6 Å². The molecule has 3 aromatic rings. The minimum Gasteiger partial charge on any atom is -0.342 e. The molecule has 3 rings (SSSR count). The summed E-state index contributed by atoms with van der Waals surface area (Å²) < 4.78 is 0. The second kappa shape index (κ2) is 9.67. The highest BCUT2D eigenvalue weighted by Gasteiger charge is 2.16. The van der Waals surface area contributed by atoms with E-state index in [1.807, 2.05) is 24.3 Å². The van der Waals surface area contributed by atoms with Gasteiger partial charge < -0.3 is 4.90 Å². The fourth-order valence-electron chi connectivity index (χ4n) is 3.70.